The summed E-state index contributed by atoms with van der Waals surface area (Å²) in [6.45, 7) is 6.19. The monoisotopic (exact) mass is 598 g/mol. The summed E-state index contributed by atoms with van der Waals surface area (Å²) in [7, 11) is 0. The highest BCUT2D eigenvalue weighted by molar-refractivity contribution is 9.10. The number of Topliss-reactive ketones (excluding diaryl/α,β-unsaturated/α-hetero) is 1. The summed E-state index contributed by atoms with van der Waals surface area (Å²) in [4.78, 5) is 45.1. The Morgan fingerprint density at radius 3 is 2.55 bits per heavy atom. The first-order chi connectivity index (χ1) is 18.3. The Bertz CT molecular complexity index is 1400. The van der Waals surface area contributed by atoms with E-state index in [0.717, 1.165) is 28.7 Å². The van der Waals surface area contributed by atoms with Gasteiger partial charge in [-0.2, -0.15) is 0 Å². The molecule has 0 saturated carbocycles. The van der Waals surface area contributed by atoms with Crippen molar-refractivity contribution in [3.05, 3.63) is 80.3 Å². The maximum Gasteiger partial charge on any atom is 0.350 e. The highest BCUT2D eigenvalue weighted by Crippen LogP contribution is 2.44. The number of aliphatic hydroxyl groups excluding tert-OH is 1. The molecule has 10 heteroatoms. The second-order valence-electron chi connectivity index (χ2n) is 8.58. The third kappa shape index (κ3) is 5.51. The maximum absolute atomic E-state index is 13.4. The summed E-state index contributed by atoms with van der Waals surface area (Å²) in [6, 6.07) is 12.9. The van der Waals surface area contributed by atoms with Gasteiger partial charge in [0.1, 0.15) is 16.4 Å². The minimum atomic E-state index is -0.964. The van der Waals surface area contributed by atoms with Crippen molar-refractivity contribution in [3.8, 4) is 5.75 Å². The second-order valence-corrected chi connectivity index (χ2v) is 10.5. The van der Waals surface area contributed by atoms with Gasteiger partial charge in [0.05, 0.1) is 30.5 Å². The number of aliphatic hydroxyl groups is 1. The van der Waals surface area contributed by atoms with Crippen LogP contribution in [0.15, 0.2) is 58.6 Å². The molecular weight excluding hydrogens is 572 g/mol. The lowest BCUT2D eigenvalue weighted by Gasteiger charge is -2.23. The van der Waals surface area contributed by atoms with E-state index in [0.29, 0.717) is 29.2 Å². The largest absolute Gasteiger partial charge is 0.507 e. The molecule has 1 amide bonds. The lowest BCUT2D eigenvalue weighted by molar-refractivity contribution is -0.132. The summed E-state index contributed by atoms with van der Waals surface area (Å²) >= 11 is 4.42. The fourth-order valence-electron chi connectivity index (χ4n) is 4.09. The van der Waals surface area contributed by atoms with Crippen LogP contribution in [0.3, 0.4) is 0 Å². The molecule has 3 aromatic rings. The number of aromatic nitrogens is 1. The number of unbranched alkanes of at least 4 members (excludes halogenated alkanes) is 1. The van der Waals surface area contributed by atoms with Gasteiger partial charge >= 0.3 is 11.9 Å². The van der Waals surface area contributed by atoms with Crippen LogP contribution in [0.2, 0.25) is 0 Å². The third-order valence-corrected chi connectivity index (χ3v) is 7.59. The number of nitrogens with zero attached hydrogens (tertiary/aromatic N) is 2. The molecule has 0 bridgehead atoms. The number of ketones is 1. The van der Waals surface area contributed by atoms with Gasteiger partial charge in [0.25, 0.3) is 5.78 Å². The number of halogens is 1. The number of aryl methyl sites for hydroxylation is 1. The summed E-state index contributed by atoms with van der Waals surface area (Å²) < 4.78 is 11.5. The van der Waals surface area contributed by atoms with Crippen LogP contribution in [0.25, 0.3) is 5.76 Å². The highest BCUT2D eigenvalue weighted by atomic mass is 79.9. The topological polar surface area (TPSA) is 106 Å². The Labute approximate surface area is 233 Å². The van der Waals surface area contributed by atoms with Gasteiger partial charge in [-0.25, -0.2) is 9.78 Å². The van der Waals surface area contributed by atoms with E-state index in [1.54, 1.807) is 56.3 Å². The first-order valence-electron chi connectivity index (χ1n) is 12.2. The molecule has 0 spiro atoms. The van der Waals surface area contributed by atoms with E-state index in [2.05, 4.69) is 27.8 Å². The first-order valence-corrected chi connectivity index (χ1v) is 13.8. The van der Waals surface area contributed by atoms with Gasteiger partial charge < -0.3 is 14.6 Å². The minimum Gasteiger partial charge on any atom is -0.507 e. The molecule has 1 aliphatic heterocycles. The van der Waals surface area contributed by atoms with Crippen molar-refractivity contribution in [1.82, 2.24) is 4.98 Å². The van der Waals surface area contributed by atoms with Crippen LogP contribution < -0.4 is 9.64 Å². The van der Waals surface area contributed by atoms with Crippen molar-refractivity contribution in [2.75, 3.05) is 18.1 Å². The zero-order chi connectivity index (χ0) is 27.4. The molecule has 1 aliphatic rings. The van der Waals surface area contributed by atoms with E-state index in [4.69, 9.17) is 9.47 Å². The lowest BCUT2D eigenvalue weighted by atomic mass is 9.95. The molecule has 1 aromatic heterocycles. The number of amides is 1. The van der Waals surface area contributed by atoms with Crippen molar-refractivity contribution in [2.24, 2.45) is 0 Å². The Kier molecular flexibility index (Phi) is 8.63. The van der Waals surface area contributed by atoms with Crippen molar-refractivity contribution >= 4 is 55.8 Å². The molecule has 8 nitrogen and oxygen atoms in total. The van der Waals surface area contributed by atoms with Crippen molar-refractivity contribution < 1.29 is 29.0 Å². The predicted octanol–water partition coefficient (Wildman–Crippen LogP) is 6.20. The minimum absolute atomic E-state index is 0.0710. The molecule has 0 unspecified atom stereocenters. The Hall–Kier alpha value is -3.50. The molecule has 0 radical (unpaired) electrons. The van der Waals surface area contributed by atoms with Crippen LogP contribution in [-0.4, -0.2) is 41.0 Å². The molecule has 4 rings (SSSR count). The normalized spacial score (nSPS) is 16.6. The lowest BCUT2D eigenvalue weighted by Crippen LogP contribution is -2.29. The fourth-order valence-corrected chi connectivity index (χ4v) is 5.50. The number of thiazole rings is 1. The van der Waals surface area contributed by atoms with Gasteiger partial charge in [-0.1, -0.05) is 52.7 Å². The van der Waals surface area contributed by atoms with Gasteiger partial charge in [0, 0.05) is 10.0 Å². The average Bonchev–Trinajstić information content (AvgIpc) is 3.41. The molecule has 2 aromatic carbocycles. The molecular formula is C28H27BrN2O6S. The Balaban J connectivity index is 1.81. The molecule has 2 heterocycles. The van der Waals surface area contributed by atoms with E-state index >= 15 is 0 Å². The van der Waals surface area contributed by atoms with E-state index in [1.165, 1.54) is 4.90 Å². The van der Waals surface area contributed by atoms with Gasteiger partial charge in [0.15, 0.2) is 5.13 Å². The maximum atomic E-state index is 13.4. The molecule has 0 aliphatic carbocycles. The fraction of sp³-hybridized carbons (Fsp3) is 0.286. The molecule has 1 fully saturated rings. The number of carbonyl (C=O) groups excluding carboxylic acids is 3. The predicted molar refractivity (Wildman–Crippen MR) is 149 cm³/mol. The van der Waals surface area contributed by atoms with Crippen molar-refractivity contribution in [2.45, 2.75) is 39.7 Å². The average molecular weight is 600 g/mol. The number of hydrogen-bond donors (Lipinski definition) is 1. The zero-order valence-corrected chi connectivity index (χ0v) is 23.6. The van der Waals surface area contributed by atoms with Crippen LogP contribution >= 0.6 is 27.3 Å². The number of esters is 1. The molecule has 1 atom stereocenters. The highest BCUT2D eigenvalue weighted by Gasteiger charge is 2.48. The Morgan fingerprint density at radius 1 is 1.16 bits per heavy atom. The van der Waals surface area contributed by atoms with E-state index in [-0.39, 0.29) is 27.9 Å². The second kappa shape index (κ2) is 11.9. The van der Waals surface area contributed by atoms with E-state index in [9.17, 15) is 19.5 Å². The summed E-state index contributed by atoms with van der Waals surface area (Å²) in [5.41, 5.74) is 1.27. The SMILES string of the molecule is CCCCOc1ccc(C(O)=C2C(=O)C(=O)N(c3nc(C)c(C(=O)OCC)s3)[C@@H]2c2cccc(Br)c2)cc1. The zero-order valence-electron chi connectivity index (χ0n) is 21.2. The Morgan fingerprint density at radius 2 is 1.89 bits per heavy atom. The summed E-state index contributed by atoms with van der Waals surface area (Å²) in [5, 5.41) is 11.5. The van der Waals surface area contributed by atoms with Gasteiger partial charge in [-0.05, 0) is 62.2 Å². The van der Waals surface area contributed by atoms with Crippen LogP contribution in [0.5, 0.6) is 5.75 Å². The van der Waals surface area contributed by atoms with Gasteiger partial charge in [-0.15, -0.1) is 0 Å². The summed E-state index contributed by atoms with van der Waals surface area (Å²) in [6.07, 6.45) is 1.93. The van der Waals surface area contributed by atoms with Gasteiger partial charge in [0.2, 0.25) is 0 Å². The number of hydrogen-bond acceptors (Lipinski definition) is 8. The van der Waals surface area contributed by atoms with Crippen LogP contribution in [0.4, 0.5) is 5.13 Å². The van der Waals surface area contributed by atoms with Crippen molar-refractivity contribution in [3.63, 3.8) is 0 Å². The molecule has 38 heavy (non-hydrogen) atoms. The van der Waals surface area contributed by atoms with Crippen molar-refractivity contribution in [1.29, 1.82) is 0 Å². The number of carbonyl (C=O) groups is 3. The number of rotatable bonds is 9. The van der Waals surface area contributed by atoms with Crippen LogP contribution in [-0.2, 0) is 14.3 Å². The quantitative estimate of drug-likeness (QED) is 0.103. The van der Waals surface area contributed by atoms with Crippen LogP contribution in [0, 0.1) is 6.92 Å². The third-order valence-electron chi connectivity index (χ3n) is 5.96. The number of benzene rings is 2. The summed E-state index contributed by atoms with van der Waals surface area (Å²) in [5.74, 6) is -1.91. The number of ether oxygens (including phenoxy) is 2. The standard InChI is InChI=1S/C28H27BrN2O6S/c1-4-6-14-37-20-12-10-17(11-13-20)23(32)21-22(18-8-7-9-19(29)15-18)31(26(34)24(21)33)28-30-16(3)25(38-28)27(35)36-5-2/h7-13,15,22,32H,4-6,14H2,1-3H3/t22-/m1/s1. The van der Waals surface area contributed by atoms with Crippen LogP contribution in [0.1, 0.15) is 59.2 Å². The molecule has 1 N–H and O–H groups in total. The first kappa shape index (κ1) is 27.5. The van der Waals surface area contributed by atoms with E-state index < -0.39 is 23.7 Å². The number of anilines is 1. The molecule has 1 saturated heterocycles. The van der Waals surface area contributed by atoms with E-state index in [1.807, 2.05) is 6.07 Å². The molecule has 198 valence electrons. The smallest absolute Gasteiger partial charge is 0.350 e. The van der Waals surface area contributed by atoms with Gasteiger partial charge in [-0.3, -0.25) is 14.5 Å².